The van der Waals surface area contributed by atoms with Crippen molar-refractivity contribution in [1.82, 2.24) is 0 Å². The van der Waals surface area contributed by atoms with Gasteiger partial charge in [-0.2, -0.15) is 0 Å². The van der Waals surface area contributed by atoms with Gasteiger partial charge in [0.05, 0.1) is 13.2 Å². The quantitative estimate of drug-likeness (QED) is 0.394. The number of aromatic hydroxyl groups is 1. The first-order valence-electron chi connectivity index (χ1n) is 10.5. The summed E-state index contributed by atoms with van der Waals surface area (Å²) in [4.78, 5) is 12.7. The molecular formula is C26H24O6. The standard InChI is InChI=1S/C26H24O6/c1-3-29-22-11-10-18(12-24(22)30-4-2)23-15-21(28)26-20(27)13-19(14-25(26)32-23)31-16-17-8-6-5-7-9-17/h5-15,27H,3-4,16H2,1-2H3. The maximum atomic E-state index is 12.7. The van der Waals surface area contributed by atoms with Crippen LogP contribution in [-0.4, -0.2) is 18.3 Å². The van der Waals surface area contributed by atoms with Crippen molar-refractivity contribution >= 4 is 11.0 Å². The highest BCUT2D eigenvalue weighted by Gasteiger charge is 2.15. The molecule has 1 N–H and O–H groups in total. The van der Waals surface area contributed by atoms with Crippen molar-refractivity contribution in [3.05, 3.63) is 82.5 Å². The summed E-state index contributed by atoms with van der Waals surface area (Å²) in [7, 11) is 0. The molecule has 0 unspecified atom stereocenters. The summed E-state index contributed by atoms with van der Waals surface area (Å²) in [6.45, 7) is 5.09. The Morgan fingerprint density at radius 2 is 1.59 bits per heavy atom. The van der Waals surface area contributed by atoms with E-state index in [0.29, 0.717) is 48.4 Å². The van der Waals surface area contributed by atoms with E-state index in [-0.39, 0.29) is 22.1 Å². The van der Waals surface area contributed by atoms with Crippen molar-refractivity contribution < 1.29 is 23.7 Å². The Morgan fingerprint density at radius 1 is 0.844 bits per heavy atom. The average molecular weight is 432 g/mol. The lowest BCUT2D eigenvalue weighted by molar-refractivity contribution is 0.288. The van der Waals surface area contributed by atoms with Crippen LogP contribution in [0.3, 0.4) is 0 Å². The normalized spacial score (nSPS) is 10.8. The van der Waals surface area contributed by atoms with Gasteiger partial charge in [-0.15, -0.1) is 0 Å². The summed E-state index contributed by atoms with van der Waals surface area (Å²) >= 11 is 0. The van der Waals surface area contributed by atoms with E-state index in [1.54, 1.807) is 24.3 Å². The molecule has 0 saturated carbocycles. The fourth-order valence-corrected chi connectivity index (χ4v) is 3.41. The molecule has 6 heteroatoms. The topological polar surface area (TPSA) is 78.1 Å². The minimum absolute atomic E-state index is 0.108. The second-order valence-electron chi connectivity index (χ2n) is 7.09. The van der Waals surface area contributed by atoms with E-state index < -0.39 is 0 Å². The van der Waals surface area contributed by atoms with Crippen molar-refractivity contribution in [3.63, 3.8) is 0 Å². The highest BCUT2D eigenvalue weighted by molar-refractivity contribution is 5.86. The maximum absolute atomic E-state index is 12.7. The van der Waals surface area contributed by atoms with E-state index in [9.17, 15) is 9.90 Å². The van der Waals surface area contributed by atoms with Gasteiger partial charge >= 0.3 is 0 Å². The Labute approximate surface area is 185 Å². The van der Waals surface area contributed by atoms with Gasteiger partial charge in [-0.25, -0.2) is 0 Å². The first-order chi connectivity index (χ1) is 15.6. The third-order valence-electron chi connectivity index (χ3n) is 4.86. The highest BCUT2D eigenvalue weighted by atomic mass is 16.5. The second-order valence-corrected chi connectivity index (χ2v) is 7.09. The molecule has 0 spiro atoms. The highest BCUT2D eigenvalue weighted by Crippen LogP contribution is 2.35. The molecule has 32 heavy (non-hydrogen) atoms. The Morgan fingerprint density at radius 3 is 2.34 bits per heavy atom. The predicted octanol–water partition coefficient (Wildman–Crippen LogP) is 5.54. The monoisotopic (exact) mass is 432 g/mol. The summed E-state index contributed by atoms with van der Waals surface area (Å²) in [5.41, 5.74) is 1.54. The minimum Gasteiger partial charge on any atom is -0.507 e. The third-order valence-corrected chi connectivity index (χ3v) is 4.86. The second kappa shape index (κ2) is 9.47. The molecule has 1 aromatic heterocycles. The number of benzene rings is 3. The molecule has 0 amide bonds. The van der Waals surface area contributed by atoms with Crippen molar-refractivity contribution in [2.45, 2.75) is 20.5 Å². The number of fused-ring (bicyclic) bond motifs is 1. The maximum Gasteiger partial charge on any atom is 0.197 e. The van der Waals surface area contributed by atoms with E-state index >= 15 is 0 Å². The molecule has 1 heterocycles. The zero-order valence-corrected chi connectivity index (χ0v) is 18.0. The number of rotatable bonds is 8. The SMILES string of the molecule is CCOc1ccc(-c2cc(=O)c3c(O)cc(OCc4ccccc4)cc3o2)cc1OCC. The fourth-order valence-electron chi connectivity index (χ4n) is 3.41. The Balaban J connectivity index is 1.72. The van der Waals surface area contributed by atoms with Crippen LogP contribution in [0, 0.1) is 0 Å². The lowest BCUT2D eigenvalue weighted by atomic mass is 10.1. The van der Waals surface area contributed by atoms with Crippen molar-refractivity contribution in [2.24, 2.45) is 0 Å². The van der Waals surface area contributed by atoms with Crippen molar-refractivity contribution in [3.8, 4) is 34.3 Å². The summed E-state index contributed by atoms with van der Waals surface area (Å²) in [5, 5.41) is 10.5. The van der Waals surface area contributed by atoms with E-state index in [1.807, 2.05) is 44.2 Å². The number of ether oxygens (including phenoxy) is 3. The lowest BCUT2D eigenvalue weighted by Crippen LogP contribution is -2.02. The first kappa shape index (κ1) is 21.3. The molecule has 0 atom stereocenters. The van der Waals surface area contributed by atoms with Crippen LogP contribution in [0.4, 0.5) is 0 Å². The van der Waals surface area contributed by atoms with Crippen molar-refractivity contribution in [1.29, 1.82) is 0 Å². The summed E-state index contributed by atoms with van der Waals surface area (Å²) < 4.78 is 23.1. The largest absolute Gasteiger partial charge is 0.507 e. The molecule has 0 fully saturated rings. The van der Waals surface area contributed by atoms with Crippen LogP contribution in [0.2, 0.25) is 0 Å². The van der Waals surface area contributed by atoms with Crippen LogP contribution >= 0.6 is 0 Å². The van der Waals surface area contributed by atoms with Gasteiger partial charge in [0, 0.05) is 23.8 Å². The number of hydrogen-bond donors (Lipinski definition) is 1. The van der Waals surface area contributed by atoms with Gasteiger partial charge < -0.3 is 23.7 Å². The van der Waals surface area contributed by atoms with E-state index in [2.05, 4.69) is 0 Å². The average Bonchev–Trinajstić information content (AvgIpc) is 2.79. The molecule has 6 nitrogen and oxygen atoms in total. The molecule has 4 rings (SSSR count). The van der Waals surface area contributed by atoms with Crippen LogP contribution in [0.25, 0.3) is 22.3 Å². The van der Waals surface area contributed by atoms with Gasteiger partial charge in [0.15, 0.2) is 16.9 Å². The number of hydrogen-bond acceptors (Lipinski definition) is 6. The summed E-state index contributed by atoms with van der Waals surface area (Å²) in [6, 6.07) is 19.4. The van der Waals surface area contributed by atoms with Gasteiger partial charge in [-0.05, 0) is 37.6 Å². The molecule has 0 aliphatic heterocycles. The molecule has 0 radical (unpaired) electrons. The molecule has 164 valence electrons. The minimum atomic E-state index is -0.347. The van der Waals surface area contributed by atoms with Crippen molar-refractivity contribution in [2.75, 3.05) is 13.2 Å². The zero-order chi connectivity index (χ0) is 22.5. The zero-order valence-electron chi connectivity index (χ0n) is 18.0. The fraction of sp³-hybridized carbons (Fsp3) is 0.192. The Hall–Kier alpha value is -3.93. The number of phenolic OH excluding ortho intramolecular Hbond substituents is 1. The van der Waals surface area contributed by atoms with Crippen LogP contribution in [0.1, 0.15) is 19.4 Å². The molecule has 0 aliphatic carbocycles. The van der Waals surface area contributed by atoms with E-state index in [4.69, 9.17) is 18.6 Å². The molecular weight excluding hydrogens is 408 g/mol. The van der Waals surface area contributed by atoms with E-state index in [0.717, 1.165) is 5.56 Å². The van der Waals surface area contributed by atoms with Gasteiger partial charge in [0.2, 0.25) is 0 Å². The Bertz CT molecular complexity index is 1280. The van der Waals surface area contributed by atoms with Gasteiger partial charge in [0.1, 0.15) is 34.8 Å². The van der Waals surface area contributed by atoms with Crippen LogP contribution < -0.4 is 19.6 Å². The molecule has 0 bridgehead atoms. The van der Waals surface area contributed by atoms with Crippen LogP contribution in [-0.2, 0) is 6.61 Å². The van der Waals surface area contributed by atoms with Gasteiger partial charge in [-0.1, -0.05) is 30.3 Å². The summed E-state index contributed by atoms with van der Waals surface area (Å²) in [5.74, 6) is 1.76. The first-order valence-corrected chi connectivity index (χ1v) is 10.5. The molecule has 3 aromatic carbocycles. The van der Waals surface area contributed by atoms with E-state index in [1.165, 1.54) is 12.1 Å². The Kier molecular flexibility index (Phi) is 6.31. The van der Waals surface area contributed by atoms with Gasteiger partial charge in [0.25, 0.3) is 0 Å². The smallest absolute Gasteiger partial charge is 0.197 e. The third kappa shape index (κ3) is 4.54. The molecule has 4 aromatic rings. The van der Waals surface area contributed by atoms with Crippen LogP contribution in [0.5, 0.6) is 23.0 Å². The number of phenols is 1. The molecule has 0 saturated heterocycles. The van der Waals surface area contributed by atoms with Crippen LogP contribution in [0.15, 0.2) is 75.9 Å². The lowest BCUT2D eigenvalue weighted by Gasteiger charge is -2.13. The summed E-state index contributed by atoms with van der Waals surface area (Å²) in [6.07, 6.45) is 0. The van der Waals surface area contributed by atoms with Gasteiger partial charge in [-0.3, -0.25) is 4.79 Å². The predicted molar refractivity (Wildman–Crippen MR) is 123 cm³/mol. The molecule has 0 aliphatic rings.